The fraction of sp³-hybridized carbons (Fsp3) is 0.316. The molecule has 0 fully saturated rings. The Bertz CT molecular complexity index is 950. The first-order valence-electron chi connectivity index (χ1n) is 8.81. The number of amides is 1. The first kappa shape index (κ1) is 23.6. The smallest absolute Gasteiger partial charge is 0.416 e. The van der Waals surface area contributed by atoms with Gasteiger partial charge in [-0.2, -0.15) is 13.2 Å². The van der Waals surface area contributed by atoms with E-state index < -0.39 is 27.7 Å². The lowest BCUT2D eigenvalue weighted by atomic mass is 10.1. The number of benzene rings is 2. The van der Waals surface area contributed by atoms with Gasteiger partial charge in [0.1, 0.15) is 12.4 Å². The summed E-state index contributed by atoms with van der Waals surface area (Å²) in [4.78, 5) is 12.2. The number of ether oxygens (including phenoxy) is 2. The van der Waals surface area contributed by atoms with Crippen molar-refractivity contribution < 1.29 is 35.9 Å². The molecule has 0 atom stereocenters. The standard InChI is InChI=1S/C19H21F3N2O5S/c1-28-11-12-29-17-8-7-14(19(20,21)22)13-16(17)24-18(25)9-10-23-30(26,27)15-5-3-2-4-6-15/h2-8,13,23H,9-12H2,1H3,(H,24,25). The maximum Gasteiger partial charge on any atom is 0.416 e. The molecule has 0 aliphatic carbocycles. The fourth-order valence-electron chi connectivity index (χ4n) is 2.36. The number of nitrogens with one attached hydrogen (secondary N) is 2. The fourth-order valence-corrected chi connectivity index (χ4v) is 3.41. The van der Waals surface area contributed by atoms with E-state index in [9.17, 15) is 26.4 Å². The van der Waals surface area contributed by atoms with E-state index >= 15 is 0 Å². The highest BCUT2D eigenvalue weighted by molar-refractivity contribution is 7.89. The van der Waals surface area contributed by atoms with E-state index in [-0.39, 0.29) is 42.5 Å². The Hall–Kier alpha value is -2.63. The van der Waals surface area contributed by atoms with Gasteiger partial charge in [0.05, 0.1) is 22.8 Å². The third-order valence-corrected chi connectivity index (χ3v) is 5.30. The normalized spacial score (nSPS) is 11.9. The Balaban J connectivity index is 2.03. The minimum absolute atomic E-state index is 0.0390. The molecule has 0 spiro atoms. The second kappa shape index (κ2) is 10.4. The lowest BCUT2D eigenvalue weighted by Crippen LogP contribution is -2.28. The van der Waals surface area contributed by atoms with Crippen molar-refractivity contribution in [1.29, 1.82) is 0 Å². The lowest BCUT2D eigenvalue weighted by molar-refractivity contribution is -0.137. The predicted molar refractivity (Wildman–Crippen MR) is 104 cm³/mol. The van der Waals surface area contributed by atoms with E-state index in [4.69, 9.17) is 9.47 Å². The highest BCUT2D eigenvalue weighted by Gasteiger charge is 2.31. The summed E-state index contributed by atoms with van der Waals surface area (Å²) in [7, 11) is -2.36. The number of hydrogen-bond donors (Lipinski definition) is 2. The number of sulfonamides is 1. The Morgan fingerprint density at radius 1 is 1.07 bits per heavy atom. The molecule has 0 saturated carbocycles. The van der Waals surface area contributed by atoms with Crippen LogP contribution >= 0.6 is 0 Å². The molecule has 2 N–H and O–H groups in total. The molecule has 0 unspecified atom stereocenters. The summed E-state index contributed by atoms with van der Waals surface area (Å²) in [5.74, 6) is -0.639. The molecule has 0 aliphatic rings. The van der Waals surface area contributed by atoms with Crippen LogP contribution < -0.4 is 14.8 Å². The maximum absolute atomic E-state index is 13.0. The zero-order chi connectivity index (χ0) is 22.2. The van der Waals surface area contributed by atoms with Gasteiger partial charge in [-0.3, -0.25) is 4.79 Å². The van der Waals surface area contributed by atoms with Crippen molar-refractivity contribution >= 4 is 21.6 Å². The van der Waals surface area contributed by atoms with Crippen molar-refractivity contribution in [3.8, 4) is 5.75 Å². The molecule has 2 aromatic rings. The van der Waals surface area contributed by atoms with Gasteiger partial charge in [0.2, 0.25) is 15.9 Å². The van der Waals surface area contributed by atoms with E-state index in [0.717, 1.165) is 18.2 Å². The monoisotopic (exact) mass is 446 g/mol. The van der Waals surface area contributed by atoms with Crippen LogP contribution in [0.3, 0.4) is 0 Å². The Labute approximate surface area is 172 Å². The van der Waals surface area contributed by atoms with E-state index in [1.807, 2.05) is 0 Å². The van der Waals surface area contributed by atoms with Crippen molar-refractivity contribution in [2.45, 2.75) is 17.5 Å². The summed E-state index contributed by atoms with van der Waals surface area (Å²) in [5.41, 5.74) is -1.13. The van der Waals surface area contributed by atoms with E-state index in [1.54, 1.807) is 18.2 Å². The molecule has 0 heterocycles. The topological polar surface area (TPSA) is 93.7 Å². The van der Waals surface area contributed by atoms with E-state index in [0.29, 0.717) is 0 Å². The molecule has 7 nitrogen and oxygen atoms in total. The molecule has 0 radical (unpaired) electrons. The number of carbonyl (C=O) groups is 1. The van der Waals surface area contributed by atoms with Crippen molar-refractivity contribution in [3.63, 3.8) is 0 Å². The first-order valence-corrected chi connectivity index (χ1v) is 10.3. The van der Waals surface area contributed by atoms with Gasteiger partial charge < -0.3 is 14.8 Å². The second-order valence-electron chi connectivity index (χ2n) is 6.06. The summed E-state index contributed by atoms with van der Waals surface area (Å²) < 4.78 is 75.7. The molecular weight excluding hydrogens is 425 g/mol. The molecule has 0 bridgehead atoms. The van der Waals surface area contributed by atoms with E-state index in [2.05, 4.69) is 10.0 Å². The number of methoxy groups -OCH3 is 1. The minimum atomic E-state index is -4.60. The average molecular weight is 446 g/mol. The molecule has 164 valence electrons. The molecule has 2 rings (SSSR count). The number of alkyl halides is 3. The molecular formula is C19H21F3N2O5S. The van der Waals surface area contributed by atoms with Crippen molar-refractivity contribution in [3.05, 3.63) is 54.1 Å². The van der Waals surface area contributed by atoms with Gasteiger partial charge in [0.25, 0.3) is 0 Å². The van der Waals surface area contributed by atoms with Crippen LogP contribution in [0.2, 0.25) is 0 Å². The van der Waals surface area contributed by atoms with Gasteiger partial charge in [-0.15, -0.1) is 0 Å². The Kier molecular flexibility index (Phi) is 8.21. The SMILES string of the molecule is COCCOc1ccc(C(F)(F)F)cc1NC(=O)CCNS(=O)(=O)c1ccccc1. The van der Waals surface area contributed by atoms with Gasteiger partial charge in [-0.25, -0.2) is 13.1 Å². The molecule has 2 aromatic carbocycles. The second-order valence-corrected chi connectivity index (χ2v) is 7.83. The molecule has 0 saturated heterocycles. The number of hydrogen-bond acceptors (Lipinski definition) is 5. The van der Waals surface area contributed by atoms with Crippen LogP contribution in [0.1, 0.15) is 12.0 Å². The summed E-state index contributed by atoms with van der Waals surface area (Å²) in [6.45, 7) is 0.0408. The molecule has 11 heteroatoms. The van der Waals surface area contributed by atoms with Crippen molar-refractivity contribution in [1.82, 2.24) is 4.72 Å². The average Bonchev–Trinajstić information content (AvgIpc) is 2.69. The van der Waals surface area contributed by atoms with Gasteiger partial charge in [0.15, 0.2) is 0 Å². The third-order valence-electron chi connectivity index (χ3n) is 3.82. The lowest BCUT2D eigenvalue weighted by Gasteiger charge is -2.15. The number of carbonyl (C=O) groups excluding carboxylic acids is 1. The summed E-state index contributed by atoms with van der Waals surface area (Å²) in [6.07, 6.45) is -4.89. The maximum atomic E-state index is 13.0. The van der Waals surface area contributed by atoms with Crippen molar-refractivity contribution in [2.24, 2.45) is 0 Å². The van der Waals surface area contributed by atoms with Crippen LogP contribution in [-0.4, -0.2) is 41.2 Å². The zero-order valence-corrected chi connectivity index (χ0v) is 16.8. The number of halogens is 3. The highest BCUT2D eigenvalue weighted by atomic mass is 32.2. The van der Waals surface area contributed by atoms with Crippen LogP contribution in [-0.2, 0) is 25.7 Å². The molecule has 0 aliphatic heterocycles. The summed E-state index contributed by atoms with van der Waals surface area (Å²) in [6, 6.07) is 10.3. The highest BCUT2D eigenvalue weighted by Crippen LogP contribution is 2.35. The molecule has 0 aromatic heterocycles. The van der Waals surface area contributed by atoms with Crippen LogP contribution in [0.5, 0.6) is 5.75 Å². The van der Waals surface area contributed by atoms with E-state index in [1.165, 1.54) is 19.2 Å². The predicted octanol–water partition coefficient (Wildman–Crippen LogP) is 3.04. The summed E-state index contributed by atoms with van der Waals surface area (Å²) >= 11 is 0. The molecule has 1 amide bonds. The first-order chi connectivity index (χ1) is 14.1. The third kappa shape index (κ3) is 7.01. The number of anilines is 1. The van der Waals surface area contributed by atoms with Gasteiger partial charge in [-0.05, 0) is 30.3 Å². The van der Waals surface area contributed by atoms with Crippen LogP contribution in [0, 0.1) is 0 Å². The zero-order valence-electron chi connectivity index (χ0n) is 16.0. The van der Waals surface area contributed by atoms with Crippen LogP contribution in [0.4, 0.5) is 18.9 Å². The van der Waals surface area contributed by atoms with Crippen molar-refractivity contribution in [2.75, 3.05) is 32.2 Å². The minimum Gasteiger partial charge on any atom is -0.489 e. The largest absolute Gasteiger partial charge is 0.489 e. The Morgan fingerprint density at radius 3 is 2.40 bits per heavy atom. The van der Waals surface area contributed by atoms with Gasteiger partial charge in [-0.1, -0.05) is 18.2 Å². The molecule has 30 heavy (non-hydrogen) atoms. The van der Waals surface area contributed by atoms with Crippen LogP contribution in [0.25, 0.3) is 0 Å². The number of rotatable bonds is 10. The Morgan fingerprint density at radius 2 is 1.77 bits per heavy atom. The van der Waals surface area contributed by atoms with Gasteiger partial charge >= 0.3 is 6.18 Å². The van der Waals surface area contributed by atoms with Gasteiger partial charge in [0, 0.05) is 20.1 Å². The summed E-state index contributed by atoms with van der Waals surface area (Å²) in [5, 5.41) is 2.34. The quantitative estimate of drug-likeness (QED) is 0.548. The van der Waals surface area contributed by atoms with Crippen LogP contribution in [0.15, 0.2) is 53.4 Å².